The van der Waals surface area contributed by atoms with Gasteiger partial charge in [0.1, 0.15) is 19.7 Å². The van der Waals surface area contributed by atoms with Gasteiger partial charge in [0.05, 0.1) is 6.04 Å². The minimum absolute atomic E-state index is 0.0293. The highest BCUT2D eigenvalue weighted by Crippen LogP contribution is 2.20. The van der Waals surface area contributed by atoms with Crippen molar-refractivity contribution in [2.75, 3.05) is 25.5 Å². The van der Waals surface area contributed by atoms with E-state index in [4.69, 9.17) is 15.6 Å². The molecule has 1 heterocycles. The van der Waals surface area contributed by atoms with Gasteiger partial charge < -0.3 is 26.4 Å². The summed E-state index contributed by atoms with van der Waals surface area (Å²) in [7, 11) is 3.76. The van der Waals surface area contributed by atoms with Crippen LogP contribution >= 0.6 is 11.9 Å². The third-order valence-corrected chi connectivity index (χ3v) is 6.28. The summed E-state index contributed by atoms with van der Waals surface area (Å²) < 4.78 is 5.16. The molecule has 0 aromatic heterocycles. The highest BCUT2D eigenvalue weighted by Gasteiger charge is 2.38. The van der Waals surface area contributed by atoms with Crippen LogP contribution in [0.25, 0.3) is 0 Å². The largest absolute Gasteiger partial charge is 0.445 e. The molecule has 0 saturated carbocycles. The summed E-state index contributed by atoms with van der Waals surface area (Å²) in [6.45, 7) is 0.177. The SMILES string of the molecule is BC[C@H](N)CC[C@H](NC)C(=O)Nc1ccc(COC(=O)NCCN2C(=O)CC(SN)C2=O)cc1. The molecule has 1 aliphatic heterocycles. The summed E-state index contributed by atoms with van der Waals surface area (Å²) in [4.78, 5) is 49.3. The molecular formula is C21H33BN6O5S. The van der Waals surface area contributed by atoms with Gasteiger partial charge in [-0.2, -0.15) is 0 Å². The number of likely N-dealkylation sites (N-methyl/N-ethyl adjacent to an activating group) is 1. The number of carbonyl (C=O) groups is 4. The van der Waals surface area contributed by atoms with Gasteiger partial charge in [0.15, 0.2) is 0 Å². The van der Waals surface area contributed by atoms with Gasteiger partial charge in [0, 0.05) is 25.2 Å². The first-order chi connectivity index (χ1) is 16.3. The fourth-order valence-corrected chi connectivity index (χ4v) is 3.85. The minimum Gasteiger partial charge on any atom is -0.445 e. The number of nitrogens with two attached hydrogens (primary N) is 2. The van der Waals surface area contributed by atoms with E-state index in [0.29, 0.717) is 12.1 Å². The molecule has 13 heteroatoms. The molecule has 1 aromatic carbocycles. The molecule has 1 fully saturated rings. The number of likely N-dealkylation sites (tertiary alicyclic amines) is 1. The maximum absolute atomic E-state index is 12.5. The normalized spacial score (nSPS) is 17.4. The molecule has 3 atom stereocenters. The lowest BCUT2D eigenvalue weighted by molar-refractivity contribution is -0.138. The van der Waals surface area contributed by atoms with E-state index in [9.17, 15) is 19.2 Å². The molecule has 7 N–H and O–H groups in total. The van der Waals surface area contributed by atoms with Gasteiger partial charge in [0.25, 0.3) is 0 Å². The fraction of sp³-hybridized carbons (Fsp3) is 0.524. The molecule has 1 saturated heterocycles. The second kappa shape index (κ2) is 13.9. The third-order valence-electron chi connectivity index (χ3n) is 5.58. The van der Waals surface area contributed by atoms with Crippen LogP contribution in [-0.4, -0.2) is 74.0 Å². The van der Waals surface area contributed by atoms with Crippen LogP contribution in [0, 0.1) is 0 Å². The molecular weight excluding hydrogens is 459 g/mol. The van der Waals surface area contributed by atoms with E-state index in [-0.39, 0.29) is 55.9 Å². The van der Waals surface area contributed by atoms with Gasteiger partial charge in [-0.15, -0.1) is 0 Å². The number of hydrogen-bond acceptors (Lipinski definition) is 9. The van der Waals surface area contributed by atoms with Crippen molar-refractivity contribution in [1.82, 2.24) is 15.5 Å². The number of carbonyl (C=O) groups excluding carboxylic acids is 4. The molecule has 186 valence electrons. The van der Waals surface area contributed by atoms with Crippen molar-refractivity contribution in [2.24, 2.45) is 10.9 Å². The van der Waals surface area contributed by atoms with Crippen LogP contribution in [-0.2, 0) is 25.7 Å². The lowest BCUT2D eigenvalue weighted by atomic mass is 9.93. The summed E-state index contributed by atoms with van der Waals surface area (Å²) in [5.74, 6) is -0.785. The van der Waals surface area contributed by atoms with Crippen molar-refractivity contribution >= 4 is 49.3 Å². The lowest BCUT2D eigenvalue weighted by Crippen LogP contribution is -2.39. The Kier molecular flexibility index (Phi) is 11.3. The van der Waals surface area contributed by atoms with E-state index in [0.717, 1.165) is 35.2 Å². The maximum atomic E-state index is 12.5. The standard InChI is InChI=1S/C21H33BN6O5S/c1-25-16(7-4-14(23)11-22)19(30)27-15-5-2-13(3-6-15)12-33-21(32)26-8-9-28-18(29)10-17(34-24)20(28)31/h2-3,5-6,14,16-17,25H,4,7-12,22-24H2,1H3,(H,26,32)(H,27,30)/t14-,16+,17?/m1/s1. The van der Waals surface area contributed by atoms with E-state index in [1.807, 2.05) is 7.85 Å². The van der Waals surface area contributed by atoms with E-state index in [1.165, 1.54) is 0 Å². The highest BCUT2D eigenvalue weighted by atomic mass is 32.2. The molecule has 0 bridgehead atoms. The first-order valence-corrected chi connectivity index (χ1v) is 12.2. The summed E-state index contributed by atoms with van der Waals surface area (Å²) in [6.07, 6.45) is 1.68. The van der Waals surface area contributed by atoms with Gasteiger partial charge in [-0.1, -0.05) is 30.4 Å². The molecule has 0 spiro atoms. The van der Waals surface area contributed by atoms with E-state index < -0.39 is 11.3 Å². The Bertz CT molecular complexity index is 859. The van der Waals surface area contributed by atoms with E-state index in [2.05, 4.69) is 16.0 Å². The van der Waals surface area contributed by atoms with Gasteiger partial charge in [0.2, 0.25) is 17.7 Å². The van der Waals surface area contributed by atoms with E-state index >= 15 is 0 Å². The zero-order valence-corrected chi connectivity index (χ0v) is 20.4. The van der Waals surface area contributed by atoms with Crippen molar-refractivity contribution in [3.8, 4) is 0 Å². The van der Waals surface area contributed by atoms with Crippen LogP contribution in [0.1, 0.15) is 24.8 Å². The zero-order chi connectivity index (χ0) is 25.1. The quantitative estimate of drug-likeness (QED) is 0.136. The van der Waals surface area contributed by atoms with Crippen LogP contribution in [0.4, 0.5) is 10.5 Å². The topological polar surface area (TPSA) is 169 Å². The second-order valence-electron chi connectivity index (χ2n) is 7.99. The zero-order valence-electron chi connectivity index (χ0n) is 19.5. The van der Waals surface area contributed by atoms with Crippen molar-refractivity contribution < 1.29 is 23.9 Å². The number of anilines is 1. The smallest absolute Gasteiger partial charge is 0.407 e. The van der Waals surface area contributed by atoms with Crippen LogP contribution in [0.3, 0.4) is 0 Å². The Balaban J connectivity index is 1.72. The number of amides is 4. The summed E-state index contributed by atoms with van der Waals surface area (Å²) in [5, 5.41) is 13.2. The Morgan fingerprint density at radius 2 is 1.97 bits per heavy atom. The maximum Gasteiger partial charge on any atom is 0.407 e. The molecule has 0 aliphatic carbocycles. The lowest BCUT2D eigenvalue weighted by Gasteiger charge is -2.18. The first-order valence-electron chi connectivity index (χ1n) is 11.2. The number of nitrogens with one attached hydrogen (secondary N) is 3. The second-order valence-corrected chi connectivity index (χ2v) is 8.83. The minimum atomic E-state index is -0.664. The van der Waals surface area contributed by atoms with Crippen molar-refractivity contribution in [1.29, 1.82) is 0 Å². The van der Waals surface area contributed by atoms with Gasteiger partial charge in [-0.3, -0.25) is 24.4 Å². The Morgan fingerprint density at radius 1 is 1.26 bits per heavy atom. The van der Waals surface area contributed by atoms with Crippen LogP contribution in [0.15, 0.2) is 24.3 Å². The molecule has 1 unspecified atom stereocenters. The molecule has 1 aromatic rings. The summed E-state index contributed by atoms with van der Waals surface area (Å²) in [6, 6.07) is 6.70. The van der Waals surface area contributed by atoms with Crippen LogP contribution in [0.5, 0.6) is 0 Å². The highest BCUT2D eigenvalue weighted by molar-refractivity contribution is 7.98. The Morgan fingerprint density at radius 3 is 2.56 bits per heavy atom. The Labute approximate surface area is 204 Å². The molecule has 11 nitrogen and oxygen atoms in total. The predicted molar refractivity (Wildman–Crippen MR) is 134 cm³/mol. The van der Waals surface area contributed by atoms with Crippen LogP contribution in [0.2, 0.25) is 6.32 Å². The number of hydrogen-bond donors (Lipinski definition) is 5. The monoisotopic (exact) mass is 492 g/mol. The predicted octanol–water partition coefficient (Wildman–Crippen LogP) is -0.667. The van der Waals surface area contributed by atoms with Crippen molar-refractivity contribution in [2.45, 2.75) is 49.5 Å². The number of ether oxygens (including phenoxy) is 1. The summed E-state index contributed by atoms with van der Waals surface area (Å²) >= 11 is 0.849. The molecule has 34 heavy (non-hydrogen) atoms. The number of benzene rings is 1. The number of rotatable bonds is 13. The van der Waals surface area contributed by atoms with Crippen LogP contribution < -0.4 is 26.8 Å². The van der Waals surface area contributed by atoms with Gasteiger partial charge in [-0.25, -0.2) is 4.79 Å². The Hall–Kier alpha value is -2.61. The number of imide groups is 1. The average Bonchev–Trinajstić information content (AvgIpc) is 3.11. The first kappa shape index (κ1) is 27.6. The van der Waals surface area contributed by atoms with Gasteiger partial charge >= 0.3 is 6.09 Å². The third kappa shape index (κ3) is 8.31. The van der Waals surface area contributed by atoms with Gasteiger partial charge in [-0.05, 0) is 43.6 Å². The van der Waals surface area contributed by atoms with E-state index in [1.54, 1.807) is 31.3 Å². The number of alkyl carbamates (subject to hydrolysis) is 1. The molecule has 1 aliphatic rings. The molecule has 4 amide bonds. The summed E-state index contributed by atoms with van der Waals surface area (Å²) in [5.41, 5.74) is 7.31. The average molecular weight is 492 g/mol. The molecule has 2 rings (SSSR count). The van der Waals surface area contributed by atoms with Crippen molar-refractivity contribution in [3.05, 3.63) is 29.8 Å². The van der Waals surface area contributed by atoms with Crippen molar-refractivity contribution in [3.63, 3.8) is 0 Å². The molecule has 0 radical (unpaired) electrons. The fourth-order valence-electron chi connectivity index (χ4n) is 3.37. The number of nitrogens with zero attached hydrogens (tertiary/aromatic N) is 1.